The van der Waals surface area contributed by atoms with Gasteiger partial charge in [-0.25, -0.2) is 5.43 Å². The summed E-state index contributed by atoms with van der Waals surface area (Å²) < 4.78 is 10.1. The average Bonchev–Trinajstić information content (AvgIpc) is 2.68. The first-order valence-electron chi connectivity index (χ1n) is 7.96. The monoisotopic (exact) mass is 404 g/mol. The zero-order chi connectivity index (χ0) is 21.6. The third-order valence-corrected chi connectivity index (χ3v) is 3.77. The number of hydrazone groups is 1. The molecule has 0 aliphatic carbocycles. The van der Waals surface area contributed by atoms with Crippen LogP contribution in [0, 0.1) is 20.2 Å². The minimum atomic E-state index is -0.762. The average molecular weight is 404 g/mol. The number of ether oxygens (including phenoxy) is 2. The molecule has 0 atom stereocenters. The van der Waals surface area contributed by atoms with E-state index in [4.69, 9.17) is 9.47 Å². The lowest BCUT2D eigenvalue weighted by Crippen LogP contribution is -2.20. The molecule has 2 aromatic rings. The molecule has 152 valence electrons. The Bertz CT molecular complexity index is 990. The van der Waals surface area contributed by atoms with Gasteiger partial charge in [-0.2, -0.15) is 5.10 Å². The minimum absolute atomic E-state index is 0.0107. The van der Waals surface area contributed by atoms with E-state index in [9.17, 15) is 30.1 Å². The predicted octanol–water partition coefficient (Wildman–Crippen LogP) is 1.92. The zero-order valence-electron chi connectivity index (χ0n) is 15.3. The van der Waals surface area contributed by atoms with Crippen LogP contribution in [0.3, 0.4) is 0 Å². The van der Waals surface area contributed by atoms with Gasteiger partial charge in [0.1, 0.15) is 0 Å². The largest absolute Gasteiger partial charge is 0.502 e. The Morgan fingerprint density at radius 3 is 2.34 bits per heavy atom. The second-order valence-corrected chi connectivity index (χ2v) is 5.54. The van der Waals surface area contributed by atoms with Crippen LogP contribution >= 0.6 is 0 Å². The normalized spacial score (nSPS) is 10.6. The Morgan fingerprint density at radius 1 is 1.14 bits per heavy atom. The summed E-state index contributed by atoms with van der Waals surface area (Å²) in [5, 5.41) is 35.5. The molecule has 1 amide bonds. The van der Waals surface area contributed by atoms with Crippen LogP contribution in [0.2, 0.25) is 0 Å². The van der Waals surface area contributed by atoms with Gasteiger partial charge in [-0.3, -0.25) is 25.0 Å². The molecule has 2 N–H and O–H groups in total. The van der Waals surface area contributed by atoms with Crippen LogP contribution in [0.25, 0.3) is 0 Å². The number of carbonyl (C=O) groups is 1. The second-order valence-electron chi connectivity index (χ2n) is 5.54. The fraction of sp³-hybridized carbons (Fsp3) is 0.176. The van der Waals surface area contributed by atoms with Crippen molar-refractivity contribution in [3.05, 3.63) is 61.7 Å². The Hall–Kier alpha value is -4.22. The molecule has 2 rings (SSSR count). The van der Waals surface area contributed by atoms with Gasteiger partial charge in [-0.05, 0) is 12.1 Å². The number of nitro groups is 2. The van der Waals surface area contributed by atoms with Gasteiger partial charge >= 0.3 is 5.69 Å². The summed E-state index contributed by atoms with van der Waals surface area (Å²) in [6, 6.07) is 6.27. The van der Waals surface area contributed by atoms with Crippen molar-refractivity contribution in [2.75, 3.05) is 14.2 Å². The molecule has 0 radical (unpaired) electrons. The number of nitrogens with one attached hydrogen (secondary N) is 1. The van der Waals surface area contributed by atoms with E-state index in [2.05, 4.69) is 10.5 Å². The Labute approximate surface area is 163 Å². The first-order chi connectivity index (χ1) is 13.8. The van der Waals surface area contributed by atoms with Gasteiger partial charge in [0.25, 0.3) is 5.69 Å². The maximum absolute atomic E-state index is 12.1. The van der Waals surface area contributed by atoms with E-state index in [0.717, 1.165) is 18.3 Å². The van der Waals surface area contributed by atoms with E-state index in [-0.39, 0.29) is 28.3 Å². The Morgan fingerprint density at radius 2 is 1.76 bits per heavy atom. The summed E-state index contributed by atoms with van der Waals surface area (Å²) in [7, 11) is 2.68. The van der Waals surface area contributed by atoms with Crippen LogP contribution in [0.5, 0.6) is 17.2 Å². The molecular weight excluding hydrogens is 388 g/mol. The molecule has 0 unspecified atom stereocenters. The molecule has 0 bridgehead atoms. The maximum Gasteiger partial charge on any atom is 0.311 e. The van der Waals surface area contributed by atoms with Gasteiger partial charge in [-0.1, -0.05) is 6.07 Å². The molecular formula is C17H16N4O8. The summed E-state index contributed by atoms with van der Waals surface area (Å²) in [5.74, 6) is -0.944. The molecule has 0 saturated heterocycles. The Kier molecular flexibility index (Phi) is 6.63. The topological polar surface area (TPSA) is 166 Å². The van der Waals surface area contributed by atoms with Gasteiger partial charge in [0, 0.05) is 17.2 Å². The fourth-order valence-corrected chi connectivity index (χ4v) is 2.41. The molecule has 0 saturated carbocycles. The van der Waals surface area contributed by atoms with Crippen LogP contribution in [-0.4, -0.2) is 41.3 Å². The highest BCUT2D eigenvalue weighted by Gasteiger charge is 2.21. The van der Waals surface area contributed by atoms with E-state index in [0.29, 0.717) is 0 Å². The van der Waals surface area contributed by atoms with Gasteiger partial charge in [-0.15, -0.1) is 0 Å². The van der Waals surface area contributed by atoms with Crippen LogP contribution in [0.4, 0.5) is 11.4 Å². The third-order valence-electron chi connectivity index (χ3n) is 3.77. The van der Waals surface area contributed by atoms with Gasteiger partial charge < -0.3 is 14.6 Å². The SMILES string of the molecule is COc1cc(CC(=O)NN=Cc2cccc([N+](=O)[O-])c2O)c([N+](=O)[O-])cc1OC. The number of nitrogens with zero attached hydrogens (tertiary/aromatic N) is 3. The molecule has 12 nitrogen and oxygen atoms in total. The van der Waals surface area contributed by atoms with Gasteiger partial charge in [0.2, 0.25) is 11.7 Å². The van der Waals surface area contributed by atoms with Crippen molar-refractivity contribution in [2.24, 2.45) is 5.10 Å². The van der Waals surface area contributed by atoms with Crippen molar-refractivity contribution in [1.82, 2.24) is 5.43 Å². The number of phenols is 1. The van der Waals surface area contributed by atoms with E-state index in [1.54, 1.807) is 0 Å². The minimum Gasteiger partial charge on any atom is -0.502 e. The molecule has 0 spiro atoms. The molecule has 12 heteroatoms. The van der Waals surface area contributed by atoms with E-state index >= 15 is 0 Å². The van der Waals surface area contributed by atoms with Crippen molar-refractivity contribution < 1.29 is 29.2 Å². The quantitative estimate of drug-likeness (QED) is 0.382. The van der Waals surface area contributed by atoms with Crippen molar-refractivity contribution >= 4 is 23.5 Å². The molecule has 0 heterocycles. The third kappa shape index (κ3) is 4.94. The maximum atomic E-state index is 12.1. The van der Waals surface area contributed by atoms with Crippen molar-refractivity contribution in [3.8, 4) is 17.2 Å². The van der Waals surface area contributed by atoms with Crippen molar-refractivity contribution in [1.29, 1.82) is 0 Å². The lowest BCUT2D eigenvalue weighted by atomic mass is 10.1. The number of rotatable bonds is 8. The highest BCUT2D eigenvalue weighted by molar-refractivity contribution is 5.87. The van der Waals surface area contributed by atoms with Gasteiger partial charge in [0.15, 0.2) is 11.5 Å². The first kappa shape index (κ1) is 21.1. The number of hydrogen-bond donors (Lipinski definition) is 2. The Balaban J connectivity index is 2.18. The highest BCUT2D eigenvalue weighted by atomic mass is 16.6. The van der Waals surface area contributed by atoms with Crippen LogP contribution < -0.4 is 14.9 Å². The highest BCUT2D eigenvalue weighted by Crippen LogP contribution is 2.34. The summed E-state index contributed by atoms with van der Waals surface area (Å²) in [4.78, 5) is 32.7. The van der Waals surface area contributed by atoms with Gasteiger partial charge in [0.05, 0.1) is 42.8 Å². The summed E-state index contributed by atoms with van der Waals surface area (Å²) in [6.45, 7) is 0. The predicted molar refractivity (Wildman–Crippen MR) is 100 cm³/mol. The molecule has 0 fully saturated rings. The fourth-order valence-electron chi connectivity index (χ4n) is 2.41. The molecule has 29 heavy (non-hydrogen) atoms. The number of amides is 1. The van der Waals surface area contributed by atoms with Crippen LogP contribution in [-0.2, 0) is 11.2 Å². The van der Waals surface area contributed by atoms with Crippen LogP contribution in [0.1, 0.15) is 11.1 Å². The van der Waals surface area contributed by atoms with Crippen LogP contribution in [0.15, 0.2) is 35.4 Å². The van der Waals surface area contributed by atoms with E-state index in [1.807, 2.05) is 0 Å². The second kappa shape index (κ2) is 9.12. The standard InChI is InChI=1S/C17H16N4O8/c1-28-14-6-11(13(21(26)27)8-15(14)29-2)7-16(22)19-18-9-10-4-3-5-12(17(10)23)20(24)25/h3-6,8-9,23H,7H2,1-2H3,(H,19,22). The number of para-hydroxylation sites is 1. The molecule has 2 aromatic carbocycles. The summed E-state index contributed by atoms with van der Waals surface area (Å²) in [5.41, 5.74) is 1.37. The van der Waals surface area contributed by atoms with E-state index < -0.39 is 33.6 Å². The molecule has 0 aliphatic rings. The van der Waals surface area contributed by atoms with Crippen molar-refractivity contribution in [3.63, 3.8) is 0 Å². The number of phenolic OH excluding ortho intramolecular Hbond substituents is 1. The molecule has 0 aromatic heterocycles. The van der Waals surface area contributed by atoms with E-state index in [1.165, 1.54) is 32.4 Å². The summed E-state index contributed by atoms with van der Waals surface area (Å²) >= 11 is 0. The zero-order valence-corrected chi connectivity index (χ0v) is 15.3. The first-order valence-corrected chi connectivity index (χ1v) is 7.96. The number of nitro benzene ring substituents is 2. The lowest BCUT2D eigenvalue weighted by Gasteiger charge is -2.10. The molecule has 0 aliphatic heterocycles. The number of benzene rings is 2. The number of aromatic hydroxyl groups is 1. The smallest absolute Gasteiger partial charge is 0.311 e. The number of methoxy groups -OCH3 is 2. The lowest BCUT2D eigenvalue weighted by molar-refractivity contribution is -0.385. The number of hydrogen-bond acceptors (Lipinski definition) is 9. The van der Waals surface area contributed by atoms with Crippen molar-refractivity contribution in [2.45, 2.75) is 6.42 Å². The summed E-state index contributed by atoms with van der Waals surface area (Å²) in [6.07, 6.45) is 0.623. The number of carbonyl (C=O) groups excluding carboxylic acids is 1.